The Labute approximate surface area is 75.4 Å². The molecule has 1 rings (SSSR count). The van der Waals surface area contributed by atoms with Crippen molar-refractivity contribution in [3.63, 3.8) is 0 Å². The molecule has 1 aliphatic rings. The minimum absolute atomic E-state index is 0.157. The van der Waals surface area contributed by atoms with Crippen LogP contribution in [0.1, 0.15) is 13.3 Å². The van der Waals surface area contributed by atoms with Gasteiger partial charge in [0.1, 0.15) is 6.04 Å². The molecule has 1 amide bonds. The highest BCUT2D eigenvalue weighted by Crippen LogP contribution is 2.17. The van der Waals surface area contributed by atoms with Gasteiger partial charge in [-0.15, -0.1) is 0 Å². The number of esters is 1. The predicted octanol–water partition coefficient (Wildman–Crippen LogP) is -0.154. The fourth-order valence-corrected chi connectivity index (χ4v) is 0.954. The van der Waals surface area contributed by atoms with E-state index in [-0.39, 0.29) is 12.1 Å². The number of amides is 1. The normalized spacial score (nSPS) is 16.5. The molecule has 1 N–H and O–H groups in total. The Bertz CT molecular complexity index is 245. The highest BCUT2D eigenvalue weighted by Gasteiger charge is 2.28. The van der Waals surface area contributed by atoms with Crippen LogP contribution in [0.2, 0.25) is 0 Å². The molecular weight excluding hydrogens is 174 g/mol. The van der Waals surface area contributed by atoms with E-state index in [1.807, 2.05) is 0 Å². The molecule has 1 atom stereocenters. The third-order valence-electron chi connectivity index (χ3n) is 1.59. The molecule has 0 aromatic heterocycles. The Morgan fingerprint density at radius 3 is 2.54 bits per heavy atom. The smallest absolute Gasteiger partial charge is 0.328 e. The summed E-state index contributed by atoms with van der Waals surface area (Å²) in [5, 5.41) is 9.73. The molecule has 0 bridgehead atoms. The topological polar surface area (TPSA) is 80.1 Å². The third-order valence-corrected chi connectivity index (χ3v) is 1.59. The van der Waals surface area contributed by atoms with Gasteiger partial charge in [0.15, 0.2) is 6.17 Å². The van der Waals surface area contributed by atoms with Crippen molar-refractivity contribution >= 4 is 11.9 Å². The van der Waals surface area contributed by atoms with Crippen LogP contribution in [0.15, 0.2) is 10.2 Å². The number of hydrogen-bond donors (Lipinski definition) is 1. The van der Waals surface area contributed by atoms with Gasteiger partial charge in [0.2, 0.25) is 5.91 Å². The van der Waals surface area contributed by atoms with E-state index >= 15 is 0 Å². The van der Waals surface area contributed by atoms with Gasteiger partial charge in [0.05, 0.1) is 7.11 Å². The van der Waals surface area contributed by atoms with Crippen molar-refractivity contribution in [3.8, 4) is 0 Å². The van der Waals surface area contributed by atoms with Gasteiger partial charge in [-0.05, 0) is 0 Å². The molecule has 0 radical (unpaired) electrons. The molecule has 0 saturated heterocycles. The Hall–Kier alpha value is -1.46. The lowest BCUT2D eigenvalue weighted by molar-refractivity contribution is -0.145. The van der Waals surface area contributed by atoms with Crippen LogP contribution >= 0.6 is 0 Å². The molecule has 1 heterocycles. The molecule has 0 aliphatic carbocycles. The second-order valence-electron chi connectivity index (χ2n) is 2.72. The summed E-state index contributed by atoms with van der Waals surface area (Å²) in [4.78, 5) is 21.8. The number of nitrogens with zero attached hydrogens (tertiary/aromatic N) is 2. The number of hydrogen-bond acceptors (Lipinski definition) is 5. The molecule has 1 unspecified atom stereocenters. The van der Waals surface area contributed by atoms with Crippen LogP contribution in [0.3, 0.4) is 0 Å². The van der Waals surface area contributed by atoms with Crippen LogP contribution in [-0.2, 0) is 14.3 Å². The zero-order valence-corrected chi connectivity index (χ0v) is 7.48. The number of ether oxygens (including phenoxy) is 1. The molecule has 13 heavy (non-hydrogen) atoms. The first-order valence-corrected chi connectivity index (χ1v) is 3.88. The van der Waals surface area contributed by atoms with Crippen molar-refractivity contribution in [1.82, 2.24) is 5.32 Å². The van der Waals surface area contributed by atoms with E-state index in [0.717, 1.165) is 0 Å². The second-order valence-corrected chi connectivity index (χ2v) is 2.72. The van der Waals surface area contributed by atoms with E-state index in [4.69, 9.17) is 0 Å². The van der Waals surface area contributed by atoms with Crippen molar-refractivity contribution in [1.29, 1.82) is 0 Å². The van der Waals surface area contributed by atoms with Gasteiger partial charge in [0, 0.05) is 13.3 Å². The lowest BCUT2D eigenvalue weighted by Gasteiger charge is -2.13. The third kappa shape index (κ3) is 3.18. The van der Waals surface area contributed by atoms with Gasteiger partial charge in [0.25, 0.3) is 0 Å². The van der Waals surface area contributed by atoms with Gasteiger partial charge in [-0.2, -0.15) is 10.2 Å². The van der Waals surface area contributed by atoms with Crippen molar-refractivity contribution in [3.05, 3.63) is 0 Å². The summed E-state index contributed by atoms with van der Waals surface area (Å²) < 4.78 is 4.50. The number of carbonyl (C=O) groups is 2. The predicted molar refractivity (Wildman–Crippen MR) is 42.9 cm³/mol. The summed E-state index contributed by atoms with van der Waals surface area (Å²) >= 11 is 0. The largest absolute Gasteiger partial charge is 0.467 e. The zero-order valence-electron chi connectivity index (χ0n) is 7.48. The number of methoxy groups -OCH3 is 1. The fraction of sp³-hybridized carbons (Fsp3) is 0.714. The molecule has 0 aromatic rings. The first-order chi connectivity index (χ1) is 6.13. The number of rotatable bonds is 4. The summed E-state index contributed by atoms with van der Waals surface area (Å²) in [5.74, 6) is -0.733. The van der Waals surface area contributed by atoms with Crippen molar-refractivity contribution < 1.29 is 14.3 Å². The Kier molecular flexibility index (Phi) is 2.94. The van der Waals surface area contributed by atoms with E-state index in [9.17, 15) is 9.59 Å². The minimum atomic E-state index is -0.637. The number of carbonyl (C=O) groups excluding carboxylic acids is 2. The number of nitrogens with one attached hydrogen (secondary N) is 1. The van der Waals surface area contributed by atoms with Crippen LogP contribution < -0.4 is 5.32 Å². The molecule has 72 valence electrons. The van der Waals surface area contributed by atoms with Gasteiger partial charge in [-0.3, -0.25) is 4.79 Å². The van der Waals surface area contributed by atoms with Crippen LogP contribution in [0.5, 0.6) is 0 Å². The highest BCUT2D eigenvalue weighted by molar-refractivity contribution is 5.83. The Balaban J connectivity index is 2.41. The van der Waals surface area contributed by atoms with Gasteiger partial charge in [-0.1, -0.05) is 0 Å². The minimum Gasteiger partial charge on any atom is -0.467 e. The monoisotopic (exact) mass is 185 g/mol. The lowest BCUT2D eigenvalue weighted by Crippen LogP contribution is -2.41. The maximum absolute atomic E-state index is 11.1. The Morgan fingerprint density at radius 2 is 2.15 bits per heavy atom. The maximum atomic E-state index is 11.1. The molecule has 0 spiro atoms. The summed E-state index contributed by atoms with van der Waals surface area (Å²) in [6.07, 6.45) is 0.225. The van der Waals surface area contributed by atoms with E-state index in [0.29, 0.717) is 6.42 Å². The SMILES string of the molecule is COC(=O)C(CC1N=N1)NC(C)=O. The van der Waals surface area contributed by atoms with Crippen molar-refractivity contribution in [2.45, 2.75) is 25.6 Å². The quantitative estimate of drug-likeness (QED) is 0.618. The van der Waals surface area contributed by atoms with Gasteiger partial charge >= 0.3 is 5.97 Å². The molecule has 0 saturated carbocycles. The van der Waals surface area contributed by atoms with Crippen molar-refractivity contribution in [2.75, 3.05) is 7.11 Å². The molecule has 6 nitrogen and oxygen atoms in total. The standard InChI is InChI=1S/C7H11N3O3/c1-4(11)8-5(7(12)13-2)3-6-9-10-6/h5-6H,3H2,1-2H3,(H,8,11). The molecule has 0 aromatic carbocycles. The Morgan fingerprint density at radius 1 is 1.54 bits per heavy atom. The molecular formula is C7H11N3O3. The zero-order chi connectivity index (χ0) is 9.84. The van der Waals surface area contributed by atoms with E-state index in [1.165, 1.54) is 14.0 Å². The average molecular weight is 185 g/mol. The molecule has 1 aliphatic heterocycles. The van der Waals surface area contributed by atoms with Gasteiger partial charge in [-0.25, -0.2) is 4.79 Å². The van der Waals surface area contributed by atoms with Crippen LogP contribution in [-0.4, -0.2) is 31.2 Å². The molecule has 6 heteroatoms. The average Bonchev–Trinajstić information content (AvgIpc) is 2.85. The van der Waals surface area contributed by atoms with Crippen LogP contribution in [0.4, 0.5) is 0 Å². The van der Waals surface area contributed by atoms with Gasteiger partial charge < -0.3 is 10.1 Å². The highest BCUT2D eigenvalue weighted by atomic mass is 16.5. The van der Waals surface area contributed by atoms with Crippen molar-refractivity contribution in [2.24, 2.45) is 10.2 Å². The summed E-state index contributed by atoms with van der Waals surface area (Å²) in [6, 6.07) is -0.637. The first kappa shape index (κ1) is 9.63. The second kappa shape index (κ2) is 3.97. The van der Waals surface area contributed by atoms with E-state index < -0.39 is 12.0 Å². The van der Waals surface area contributed by atoms with Crippen LogP contribution in [0.25, 0.3) is 0 Å². The fourth-order valence-electron chi connectivity index (χ4n) is 0.954. The molecule has 0 fully saturated rings. The summed E-state index contributed by atoms with van der Waals surface area (Å²) in [6.45, 7) is 1.34. The van der Waals surface area contributed by atoms with Crippen LogP contribution in [0, 0.1) is 0 Å². The lowest BCUT2D eigenvalue weighted by atomic mass is 10.2. The first-order valence-electron chi connectivity index (χ1n) is 3.88. The van der Waals surface area contributed by atoms with E-state index in [2.05, 4.69) is 20.3 Å². The maximum Gasteiger partial charge on any atom is 0.328 e. The summed E-state index contributed by atoms with van der Waals surface area (Å²) in [7, 11) is 1.28. The summed E-state index contributed by atoms with van der Waals surface area (Å²) in [5.41, 5.74) is 0. The van der Waals surface area contributed by atoms with E-state index in [1.54, 1.807) is 0 Å².